The molecular weight excluding hydrogens is 273 g/mol. The van der Waals surface area contributed by atoms with Crippen molar-refractivity contribution in [3.8, 4) is 0 Å². The molecule has 0 saturated carbocycles. The predicted molar refractivity (Wildman–Crippen MR) is 71.6 cm³/mol. The van der Waals surface area contributed by atoms with E-state index in [0.717, 1.165) is 6.42 Å². The molecule has 1 aliphatic rings. The van der Waals surface area contributed by atoms with Crippen LogP contribution in [-0.2, 0) is 4.79 Å². The van der Waals surface area contributed by atoms with Crippen LogP contribution in [0.25, 0.3) is 0 Å². The van der Waals surface area contributed by atoms with E-state index in [1.54, 1.807) is 18.2 Å². The number of halogens is 2. The molecule has 1 fully saturated rings. The summed E-state index contributed by atoms with van der Waals surface area (Å²) in [6.45, 7) is 1.83. The monoisotopic (exact) mass is 287 g/mol. The van der Waals surface area contributed by atoms with E-state index in [1.807, 2.05) is 6.92 Å². The quantitative estimate of drug-likeness (QED) is 0.906. The van der Waals surface area contributed by atoms with E-state index in [0.29, 0.717) is 28.5 Å². The van der Waals surface area contributed by atoms with Gasteiger partial charge < -0.3 is 10.0 Å². The van der Waals surface area contributed by atoms with Gasteiger partial charge in [-0.25, -0.2) is 0 Å². The number of piperidine rings is 1. The van der Waals surface area contributed by atoms with Gasteiger partial charge in [0.15, 0.2) is 0 Å². The van der Waals surface area contributed by atoms with Crippen LogP contribution in [0.2, 0.25) is 10.0 Å². The fourth-order valence-electron chi connectivity index (χ4n) is 2.39. The van der Waals surface area contributed by atoms with Crippen molar-refractivity contribution >= 4 is 29.1 Å². The standard InChI is InChI=1S/C13H15Cl2NO2/c1-8(13-9(14)4-2-5-10(13)15)16-11(17)6-3-7-12(16)18/h2,4-5,8,11,17H,3,6-7H2,1H3/t8-,11?/m0/s1. The number of amides is 1. The van der Waals surface area contributed by atoms with Gasteiger partial charge in [-0.1, -0.05) is 29.3 Å². The minimum Gasteiger partial charge on any atom is -0.374 e. The molecule has 0 bridgehead atoms. The van der Waals surface area contributed by atoms with E-state index in [4.69, 9.17) is 23.2 Å². The van der Waals surface area contributed by atoms with Crippen molar-refractivity contribution in [1.29, 1.82) is 0 Å². The Labute approximate surface area is 116 Å². The molecule has 1 unspecified atom stereocenters. The van der Waals surface area contributed by atoms with Crippen LogP contribution in [0.15, 0.2) is 18.2 Å². The third kappa shape index (κ3) is 2.48. The molecule has 2 atom stereocenters. The maximum absolute atomic E-state index is 11.9. The second-order valence-corrected chi connectivity index (χ2v) is 5.30. The van der Waals surface area contributed by atoms with Gasteiger partial charge in [-0.05, 0) is 31.9 Å². The van der Waals surface area contributed by atoms with Gasteiger partial charge in [-0.2, -0.15) is 0 Å². The van der Waals surface area contributed by atoms with Crippen LogP contribution in [0.4, 0.5) is 0 Å². The van der Waals surface area contributed by atoms with Gasteiger partial charge in [-0.3, -0.25) is 4.79 Å². The van der Waals surface area contributed by atoms with Gasteiger partial charge in [0, 0.05) is 22.0 Å². The fraction of sp³-hybridized carbons (Fsp3) is 0.462. The van der Waals surface area contributed by atoms with Crippen LogP contribution in [0, 0.1) is 0 Å². The lowest BCUT2D eigenvalue weighted by atomic mass is 10.0. The lowest BCUT2D eigenvalue weighted by Gasteiger charge is -2.37. The first-order chi connectivity index (χ1) is 8.52. The number of carbonyl (C=O) groups excluding carboxylic acids is 1. The molecule has 1 amide bonds. The van der Waals surface area contributed by atoms with Crippen LogP contribution >= 0.6 is 23.2 Å². The fourth-order valence-corrected chi connectivity index (χ4v) is 3.11. The molecule has 2 rings (SSSR count). The number of hydrogen-bond donors (Lipinski definition) is 1. The van der Waals surface area contributed by atoms with Gasteiger partial charge >= 0.3 is 0 Å². The van der Waals surface area contributed by atoms with Crippen molar-refractivity contribution in [2.45, 2.75) is 38.5 Å². The number of benzene rings is 1. The highest BCUT2D eigenvalue weighted by molar-refractivity contribution is 6.36. The SMILES string of the molecule is C[C@@H](c1c(Cl)cccc1Cl)N1C(=O)CCCC1O. The molecule has 1 aromatic carbocycles. The molecule has 1 aliphatic heterocycles. The highest BCUT2D eigenvalue weighted by Crippen LogP contribution is 2.36. The zero-order chi connectivity index (χ0) is 13.3. The molecule has 0 aromatic heterocycles. The van der Waals surface area contributed by atoms with Gasteiger partial charge in [-0.15, -0.1) is 0 Å². The molecule has 1 saturated heterocycles. The van der Waals surface area contributed by atoms with Crippen molar-refractivity contribution in [3.63, 3.8) is 0 Å². The lowest BCUT2D eigenvalue weighted by Crippen LogP contribution is -2.45. The number of carbonyl (C=O) groups is 1. The van der Waals surface area contributed by atoms with E-state index >= 15 is 0 Å². The summed E-state index contributed by atoms with van der Waals surface area (Å²) in [4.78, 5) is 13.4. The van der Waals surface area contributed by atoms with Crippen molar-refractivity contribution in [1.82, 2.24) is 4.90 Å². The average molecular weight is 288 g/mol. The van der Waals surface area contributed by atoms with Crippen molar-refractivity contribution in [3.05, 3.63) is 33.8 Å². The summed E-state index contributed by atoms with van der Waals surface area (Å²) in [5, 5.41) is 11.0. The molecule has 0 aliphatic carbocycles. The van der Waals surface area contributed by atoms with E-state index in [9.17, 15) is 9.90 Å². The number of aliphatic hydroxyl groups excluding tert-OH is 1. The minimum absolute atomic E-state index is 0.0581. The molecule has 98 valence electrons. The third-order valence-corrected chi connectivity index (χ3v) is 3.96. The lowest BCUT2D eigenvalue weighted by molar-refractivity contribution is -0.151. The first-order valence-corrected chi connectivity index (χ1v) is 6.71. The second-order valence-electron chi connectivity index (χ2n) is 4.49. The number of hydrogen-bond acceptors (Lipinski definition) is 2. The minimum atomic E-state index is -0.756. The number of rotatable bonds is 2. The summed E-state index contributed by atoms with van der Waals surface area (Å²) >= 11 is 12.3. The van der Waals surface area contributed by atoms with Gasteiger partial charge in [0.2, 0.25) is 5.91 Å². The second kappa shape index (κ2) is 5.47. The summed E-state index contributed by atoms with van der Waals surface area (Å²) in [5.74, 6) is -0.0581. The van der Waals surface area contributed by atoms with Crippen molar-refractivity contribution < 1.29 is 9.90 Å². The van der Waals surface area contributed by atoms with Crippen LogP contribution in [0.5, 0.6) is 0 Å². The first kappa shape index (κ1) is 13.7. The molecule has 1 aromatic rings. The Hall–Kier alpha value is -0.770. The summed E-state index contributed by atoms with van der Waals surface area (Å²) in [6.07, 6.45) is 1.02. The Morgan fingerprint density at radius 3 is 2.56 bits per heavy atom. The number of likely N-dealkylation sites (tertiary alicyclic amines) is 1. The summed E-state index contributed by atoms with van der Waals surface area (Å²) < 4.78 is 0. The normalized spacial score (nSPS) is 22.1. The zero-order valence-corrected chi connectivity index (χ0v) is 11.6. The summed E-state index contributed by atoms with van der Waals surface area (Å²) in [7, 11) is 0. The van der Waals surface area contributed by atoms with E-state index < -0.39 is 6.23 Å². The third-order valence-electron chi connectivity index (χ3n) is 3.30. The largest absolute Gasteiger partial charge is 0.374 e. The molecule has 18 heavy (non-hydrogen) atoms. The van der Waals surface area contributed by atoms with Gasteiger partial charge in [0.1, 0.15) is 6.23 Å². The average Bonchev–Trinajstić information content (AvgIpc) is 2.28. The maximum Gasteiger partial charge on any atom is 0.225 e. The molecule has 1 heterocycles. The maximum atomic E-state index is 11.9. The van der Waals surface area contributed by atoms with Crippen molar-refractivity contribution in [2.75, 3.05) is 0 Å². The Morgan fingerprint density at radius 2 is 2.00 bits per heavy atom. The smallest absolute Gasteiger partial charge is 0.225 e. The molecule has 3 nitrogen and oxygen atoms in total. The number of aliphatic hydroxyl groups is 1. The van der Waals surface area contributed by atoms with E-state index in [1.165, 1.54) is 4.90 Å². The molecular formula is C13H15Cl2NO2. The molecule has 1 N–H and O–H groups in total. The Kier molecular flexibility index (Phi) is 4.15. The van der Waals surface area contributed by atoms with Crippen LogP contribution < -0.4 is 0 Å². The zero-order valence-electron chi connectivity index (χ0n) is 10.1. The summed E-state index contributed by atoms with van der Waals surface area (Å²) in [6, 6.07) is 4.91. The van der Waals surface area contributed by atoms with Crippen LogP contribution in [-0.4, -0.2) is 22.1 Å². The molecule has 5 heteroatoms. The predicted octanol–water partition coefficient (Wildman–Crippen LogP) is 3.39. The van der Waals surface area contributed by atoms with Gasteiger partial charge in [0.25, 0.3) is 0 Å². The summed E-state index contributed by atoms with van der Waals surface area (Å²) in [5.41, 5.74) is 0.690. The number of nitrogens with zero attached hydrogens (tertiary/aromatic N) is 1. The first-order valence-electron chi connectivity index (χ1n) is 5.95. The van der Waals surface area contributed by atoms with Crippen LogP contribution in [0.1, 0.15) is 37.8 Å². The van der Waals surface area contributed by atoms with E-state index in [2.05, 4.69) is 0 Å². The van der Waals surface area contributed by atoms with Crippen LogP contribution in [0.3, 0.4) is 0 Å². The highest BCUT2D eigenvalue weighted by Gasteiger charge is 2.32. The molecule has 0 spiro atoms. The van der Waals surface area contributed by atoms with E-state index in [-0.39, 0.29) is 11.9 Å². The van der Waals surface area contributed by atoms with Crippen molar-refractivity contribution in [2.24, 2.45) is 0 Å². The highest BCUT2D eigenvalue weighted by atomic mass is 35.5. The Bertz CT molecular complexity index is 444. The van der Waals surface area contributed by atoms with Gasteiger partial charge in [0.05, 0.1) is 6.04 Å². The Balaban J connectivity index is 2.35. The molecule has 0 radical (unpaired) electrons. The Morgan fingerprint density at radius 1 is 1.39 bits per heavy atom. The topological polar surface area (TPSA) is 40.5 Å².